The third kappa shape index (κ3) is 3.79. The van der Waals surface area contributed by atoms with E-state index in [2.05, 4.69) is 15.3 Å². The van der Waals surface area contributed by atoms with Gasteiger partial charge in [-0.2, -0.15) is 4.98 Å². The van der Waals surface area contributed by atoms with Crippen LogP contribution in [-0.4, -0.2) is 21.4 Å². The van der Waals surface area contributed by atoms with Gasteiger partial charge in [0.15, 0.2) is 5.75 Å². The van der Waals surface area contributed by atoms with E-state index in [0.717, 1.165) is 0 Å². The van der Waals surface area contributed by atoms with Gasteiger partial charge in [-0.25, -0.2) is 4.98 Å². The van der Waals surface area contributed by atoms with Crippen LogP contribution in [-0.2, 0) is 0 Å². The number of benzene rings is 1. The van der Waals surface area contributed by atoms with Crippen molar-refractivity contribution < 1.29 is 9.66 Å². The van der Waals surface area contributed by atoms with E-state index in [-0.39, 0.29) is 22.3 Å². The minimum Gasteiger partial charge on any atom is -0.437 e. The van der Waals surface area contributed by atoms with Crippen molar-refractivity contribution in [3.05, 3.63) is 45.2 Å². The first-order valence-electron chi connectivity index (χ1n) is 6.21. The molecule has 1 heterocycles. The van der Waals surface area contributed by atoms with Crippen molar-refractivity contribution in [3.8, 4) is 11.6 Å². The summed E-state index contributed by atoms with van der Waals surface area (Å²) in [6.07, 6.45) is 0. The Morgan fingerprint density at radius 3 is 2.81 bits per heavy atom. The molecule has 1 aromatic heterocycles. The molecule has 1 N–H and O–H groups in total. The fourth-order valence-corrected chi connectivity index (χ4v) is 1.82. The number of anilines is 1. The smallest absolute Gasteiger partial charge is 0.273 e. The molecule has 8 heteroatoms. The first-order chi connectivity index (χ1) is 9.99. The van der Waals surface area contributed by atoms with Gasteiger partial charge < -0.3 is 10.1 Å². The van der Waals surface area contributed by atoms with Gasteiger partial charge in [-0.15, -0.1) is 0 Å². The number of nitrogens with zero attached hydrogens (tertiary/aromatic N) is 3. The summed E-state index contributed by atoms with van der Waals surface area (Å²) >= 11 is 5.98. The fraction of sp³-hybridized carbons (Fsp3) is 0.231. The van der Waals surface area contributed by atoms with Crippen molar-refractivity contribution in [3.63, 3.8) is 0 Å². The van der Waals surface area contributed by atoms with Crippen LogP contribution in [0.2, 0.25) is 5.02 Å². The Morgan fingerprint density at radius 2 is 2.14 bits per heavy atom. The van der Waals surface area contributed by atoms with Crippen molar-refractivity contribution in [2.24, 2.45) is 0 Å². The molecular weight excluding hydrogens is 296 g/mol. The number of rotatable bonds is 5. The number of ether oxygens (including phenoxy) is 1. The van der Waals surface area contributed by atoms with E-state index in [4.69, 9.17) is 16.3 Å². The van der Waals surface area contributed by atoms with Crippen molar-refractivity contribution >= 4 is 23.1 Å². The first-order valence-corrected chi connectivity index (χ1v) is 6.58. The summed E-state index contributed by atoms with van der Waals surface area (Å²) in [4.78, 5) is 18.6. The van der Waals surface area contributed by atoms with Crippen LogP contribution in [0.3, 0.4) is 0 Å². The molecule has 0 unspecified atom stereocenters. The van der Waals surface area contributed by atoms with Crippen LogP contribution in [0.4, 0.5) is 11.5 Å². The average Bonchev–Trinajstić information content (AvgIpc) is 2.40. The van der Waals surface area contributed by atoms with Gasteiger partial charge in [0, 0.05) is 18.7 Å². The minimum atomic E-state index is -0.515. The number of aryl methyl sites for hydroxylation is 1. The molecule has 0 fully saturated rings. The Balaban J connectivity index is 2.33. The van der Waals surface area contributed by atoms with E-state index in [9.17, 15) is 10.1 Å². The highest BCUT2D eigenvalue weighted by atomic mass is 35.5. The molecule has 0 atom stereocenters. The Bertz CT molecular complexity index is 678. The molecule has 21 heavy (non-hydrogen) atoms. The highest BCUT2D eigenvalue weighted by molar-refractivity contribution is 6.32. The summed E-state index contributed by atoms with van der Waals surface area (Å²) in [6.45, 7) is 4.37. The molecular formula is C13H13ClN4O3. The zero-order valence-corrected chi connectivity index (χ0v) is 12.2. The van der Waals surface area contributed by atoms with Crippen LogP contribution < -0.4 is 10.1 Å². The Morgan fingerprint density at radius 1 is 1.38 bits per heavy atom. The molecule has 0 amide bonds. The van der Waals surface area contributed by atoms with Crippen molar-refractivity contribution in [2.75, 3.05) is 11.9 Å². The molecule has 0 saturated heterocycles. The molecule has 110 valence electrons. The summed E-state index contributed by atoms with van der Waals surface area (Å²) in [5.74, 6) is 1.57. The molecule has 0 bridgehead atoms. The second-order valence-electron chi connectivity index (χ2n) is 4.14. The summed E-state index contributed by atoms with van der Waals surface area (Å²) in [6, 6.07) is 5.58. The average molecular weight is 309 g/mol. The number of hydrogen-bond acceptors (Lipinski definition) is 6. The van der Waals surface area contributed by atoms with Gasteiger partial charge in [0.05, 0.1) is 16.0 Å². The predicted molar refractivity (Wildman–Crippen MR) is 79.1 cm³/mol. The van der Waals surface area contributed by atoms with Gasteiger partial charge >= 0.3 is 0 Å². The number of nitro groups is 1. The molecule has 7 nitrogen and oxygen atoms in total. The maximum Gasteiger partial charge on any atom is 0.273 e. The third-order valence-electron chi connectivity index (χ3n) is 2.51. The zero-order chi connectivity index (χ0) is 15.4. The minimum absolute atomic E-state index is 0.105. The molecule has 0 saturated carbocycles. The first kappa shape index (κ1) is 15.0. The van der Waals surface area contributed by atoms with Gasteiger partial charge in [0.25, 0.3) is 5.69 Å². The largest absolute Gasteiger partial charge is 0.437 e. The predicted octanol–water partition coefficient (Wildman–Crippen LogP) is 3.57. The van der Waals surface area contributed by atoms with Crippen LogP contribution in [0.25, 0.3) is 0 Å². The topological polar surface area (TPSA) is 90.2 Å². The van der Waals surface area contributed by atoms with Crippen LogP contribution in [0.1, 0.15) is 12.7 Å². The normalized spacial score (nSPS) is 10.2. The molecule has 0 aliphatic carbocycles. The number of non-ortho nitro benzene ring substituents is 1. The molecule has 0 aliphatic heterocycles. The summed E-state index contributed by atoms with van der Waals surface area (Å²) < 4.78 is 5.54. The van der Waals surface area contributed by atoms with Crippen molar-refractivity contribution in [1.29, 1.82) is 0 Å². The number of hydrogen-bond donors (Lipinski definition) is 1. The zero-order valence-electron chi connectivity index (χ0n) is 11.5. The highest BCUT2D eigenvalue weighted by Gasteiger charge is 2.13. The van der Waals surface area contributed by atoms with E-state index >= 15 is 0 Å². The van der Waals surface area contributed by atoms with Gasteiger partial charge in [0.2, 0.25) is 5.88 Å². The molecule has 0 aliphatic rings. The molecule has 1 aromatic carbocycles. The van der Waals surface area contributed by atoms with Crippen LogP contribution >= 0.6 is 11.6 Å². The summed E-state index contributed by atoms with van der Waals surface area (Å²) in [5.41, 5.74) is -0.105. The van der Waals surface area contributed by atoms with Crippen LogP contribution in [0.5, 0.6) is 11.6 Å². The molecule has 0 spiro atoms. The SMILES string of the molecule is CCNc1cc(Oc2cc([N+](=O)[O-])ccc2Cl)nc(C)n1. The summed E-state index contributed by atoms with van der Waals surface area (Å²) in [7, 11) is 0. The number of nitro benzene ring substituents is 1. The van der Waals surface area contributed by atoms with E-state index < -0.39 is 4.92 Å². The fourth-order valence-electron chi connectivity index (χ4n) is 1.66. The number of halogens is 1. The van der Waals surface area contributed by atoms with Gasteiger partial charge in [-0.3, -0.25) is 10.1 Å². The van der Waals surface area contributed by atoms with Crippen molar-refractivity contribution in [1.82, 2.24) is 9.97 Å². The van der Waals surface area contributed by atoms with Crippen LogP contribution in [0, 0.1) is 17.0 Å². The van der Waals surface area contributed by atoms with E-state index in [1.165, 1.54) is 18.2 Å². The molecule has 2 rings (SSSR count). The lowest BCUT2D eigenvalue weighted by Crippen LogP contribution is -2.02. The lowest BCUT2D eigenvalue weighted by atomic mass is 10.3. The Hall–Kier alpha value is -2.41. The Labute approximate surface area is 126 Å². The maximum atomic E-state index is 10.8. The maximum absolute atomic E-state index is 10.8. The quantitative estimate of drug-likeness (QED) is 0.670. The van der Waals surface area contributed by atoms with Gasteiger partial charge in [-0.05, 0) is 19.9 Å². The third-order valence-corrected chi connectivity index (χ3v) is 2.82. The highest BCUT2D eigenvalue weighted by Crippen LogP contribution is 2.32. The summed E-state index contributed by atoms with van der Waals surface area (Å²) in [5, 5.41) is 14.1. The van der Waals surface area contributed by atoms with E-state index in [1.807, 2.05) is 6.92 Å². The van der Waals surface area contributed by atoms with E-state index in [0.29, 0.717) is 18.2 Å². The second kappa shape index (κ2) is 6.36. The monoisotopic (exact) mass is 308 g/mol. The molecule has 2 aromatic rings. The number of aromatic nitrogens is 2. The Kier molecular flexibility index (Phi) is 4.54. The van der Waals surface area contributed by atoms with Crippen LogP contribution in [0.15, 0.2) is 24.3 Å². The lowest BCUT2D eigenvalue weighted by molar-refractivity contribution is -0.384. The van der Waals surface area contributed by atoms with Crippen molar-refractivity contribution in [2.45, 2.75) is 13.8 Å². The van der Waals surface area contributed by atoms with Gasteiger partial charge in [-0.1, -0.05) is 11.6 Å². The van der Waals surface area contributed by atoms with Gasteiger partial charge in [0.1, 0.15) is 11.6 Å². The van der Waals surface area contributed by atoms with E-state index in [1.54, 1.807) is 13.0 Å². The lowest BCUT2D eigenvalue weighted by Gasteiger charge is -2.09. The second-order valence-corrected chi connectivity index (χ2v) is 4.55. The number of nitrogens with one attached hydrogen (secondary N) is 1. The molecule has 0 radical (unpaired) electrons. The standard InChI is InChI=1S/C13H13ClN4O3/c1-3-15-12-7-13(17-8(2)16-12)21-11-6-9(18(19)20)4-5-10(11)14/h4-7H,3H2,1-2H3,(H,15,16,17).